The van der Waals surface area contributed by atoms with Crippen molar-refractivity contribution in [2.24, 2.45) is 11.3 Å². The second-order valence-corrected chi connectivity index (χ2v) is 4.71. The van der Waals surface area contributed by atoms with E-state index in [9.17, 15) is 14.7 Å². The lowest BCUT2D eigenvalue weighted by Crippen LogP contribution is -2.46. The average Bonchev–Trinajstić information content (AvgIpc) is 2.69. The van der Waals surface area contributed by atoms with Gasteiger partial charge in [0.25, 0.3) is 0 Å². The van der Waals surface area contributed by atoms with Gasteiger partial charge < -0.3 is 10.4 Å². The Hall–Kier alpha value is -1.06. The van der Waals surface area contributed by atoms with E-state index in [1.54, 1.807) is 0 Å². The molecular formula is C11H17NO3. The normalized spacial score (nSPS) is 29.9. The van der Waals surface area contributed by atoms with Crippen LogP contribution in [0, 0.1) is 11.3 Å². The van der Waals surface area contributed by atoms with Gasteiger partial charge >= 0.3 is 5.97 Å². The van der Waals surface area contributed by atoms with E-state index in [1.165, 1.54) is 0 Å². The van der Waals surface area contributed by atoms with Crippen LogP contribution in [0.4, 0.5) is 0 Å². The molecule has 0 spiro atoms. The van der Waals surface area contributed by atoms with Crippen LogP contribution in [0.25, 0.3) is 0 Å². The molecule has 0 radical (unpaired) electrons. The number of carboxylic acid groups (broad SMARTS) is 1. The molecule has 2 fully saturated rings. The molecule has 1 aliphatic carbocycles. The van der Waals surface area contributed by atoms with Crippen LogP contribution < -0.4 is 5.32 Å². The smallest absolute Gasteiger partial charge is 0.309 e. The van der Waals surface area contributed by atoms with Gasteiger partial charge in [-0.25, -0.2) is 0 Å². The first-order valence-corrected chi connectivity index (χ1v) is 5.65. The molecule has 1 saturated heterocycles. The fourth-order valence-corrected chi connectivity index (χ4v) is 3.01. The van der Waals surface area contributed by atoms with E-state index >= 15 is 0 Å². The average molecular weight is 211 g/mol. The van der Waals surface area contributed by atoms with E-state index in [2.05, 4.69) is 5.32 Å². The van der Waals surface area contributed by atoms with Gasteiger partial charge in [0.15, 0.2) is 0 Å². The summed E-state index contributed by atoms with van der Waals surface area (Å²) >= 11 is 0. The van der Waals surface area contributed by atoms with Crippen molar-refractivity contribution in [3.63, 3.8) is 0 Å². The lowest BCUT2D eigenvalue weighted by molar-refractivity contribution is -0.153. The topological polar surface area (TPSA) is 66.4 Å². The molecule has 15 heavy (non-hydrogen) atoms. The predicted octanol–water partition coefficient (Wildman–Crippen LogP) is 1.16. The minimum Gasteiger partial charge on any atom is -0.481 e. The van der Waals surface area contributed by atoms with E-state index < -0.39 is 11.4 Å². The number of piperidine rings is 1. The molecule has 1 aliphatic heterocycles. The predicted molar refractivity (Wildman–Crippen MR) is 54.3 cm³/mol. The molecule has 0 aromatic carbocycles. The van der Waals surface area contributed by atoms with Crippen molar-refractivity contribution in [1.82, 2.24) is 5.32 Å². The molecule has 2 rings (SSSR count). The van der Waals surface area contributed by atoms with Gasteiger partial charge in [0.1, 0.15) is 0 Å². The molecular weight excluding hydrogens is 194 g/mol. The zero-order valence-electron chi connectivity index (χ0n) is 8.79. The highest BCUT2D eigenvalue weighted by Gasteiger charge is 2.48. The highest BCUT2D eigenvalue weighted by Crippen LogP contribution is 2.46. The number of amides is 1. The van der Waals surface area contributed by atoms with E-state index in [0.29, 0.717) is 13.0 Å². The second-order valence-electron chi connectivity index (χ2n) is 4.71. The second kappa shape index (κ2) is 3.83. The Balaban J connectivity index is 2.11. The number of nitrogens with one attached hydrogen (secondary N) is 1. The number of hydrogen-bond acceptors (Lipinski definition) is 2. The fourth-order valence-electron chi connectivity index (χ4n) is 3.01. The van der Waals surface area contributed by atoms with E-state index in [-0.39, 0.29) is 11.8 Å². The monoisotopic (exact) mass is 211 g/mol. The zero-order chi connectivity index (χ0) is 10.9. The molecule has 1 saturated carbocycles. The minimum absolute atomic E-state index is 0.0600. The maximum absolute atomic E-state index is 11.4. The van der Waals surface area contributed by atoms with Gasteiger partial charge in [-0.1, -0.05) is 12.8 Å². The highest BCUT2D eigenvalue weighted by molar-refractivity contribution is 5.79. The quantitative estimate of drug-likeness (QED) is 0.720. The van der Waals surface area contributed by atoms with Crippen molar-refractivity contribution in [2.45, 2.75) is 38.5 Å². The van der Waals surface area contributed by atoms with Crippen molar-refractivity contribution in [1.29, 1.82) is 0 Å². The van der Waals surface area contributed by atoms with E-state index in [4.69, 9.17) is 0 Å². The first-order valence-electron chi connectivity index (χ1n) is 5.65. The Morgan fingerprint density at radius 1 is 1.40 bits per heavy atom. The third-order valence-corrected chi connectivity index (χ3v) is 3.97. The fraction of sp³-hybridized carbons (Fsp3) is 0.818. The van der Waals surface area contributed by atoms with Gasteiger partial charge in [-0.2, -0.15) is 0 Å². The number of hydrogen-bond donors (Lipinski definition) is 2. The summed E-state index contributed by atoms with van der Waals surface area (Å²) in [4.78, 5) is 22.4. The minimum atomic E-state index is -0.666. The third-order valence-electron chi connectivity index (χ3n) is 3.97. The summed E-state index contributed by atoms with van der Waals surface area (Å²) in [6.07, 6.45) is 4.80. The molecule has 4 heteroatoms. The summed E-state index contributed by atoms with van der Waals surface area (Å²) in [7, 11) is 0. The van der Waals surface area contributed by atoms with Gasteiger partial charge in [-0.3, -0.25) is 9.59 Å². The summed E-state index contributed by atoms with van der Waals surface area (Å²) in [5.74, 6) is -0.471. The molecule has 1 amide bonds. The summed E-state index contributed by atoms with van der Waals surface area (Å²) < 4.78 is 0. The van der Waals surface area contributed by atoms with Gasteiger partial charge in [-0.15, -0.1) is 0 Å². The van der Waals surface area contributed by atoms with Crippen molar-refractivity contribution in [2.75, 3.05) is 6.54 Å². The Kier molecular flexibility index (Phi) is 2.67. The van der Waals surface area contributed by atoms with Gasteiger partial charge in [-0.05, 0) is 25.2 Å². The largest absolute Gasteiger partial charge is 0.481 e. The molecule has 2 aliphatic rings. The number of carbonyl (C=O) groups excluding carboxylic acids is 1. The van der Waals surface area contributed by atoms with Crippen LogP contribution in [0.5, 0.6) is 0 Å². The SMILES string of the molecule is O=C1CCC(C2(C(=O)O)CCCC2)CN1. The third kappa shape index (κ3) is 1.73. The summed E-state index contributed by atoms with van der Waals surface area (Å²) in [5, 5.41) is 12.2. The first-order chi connectivity index (χ1) is 7.15. The molecule has 0 aromatic rings. The molecule has 4 nitrogen and oxygen atoms in total. The Labute approximate surface area is 89.0 Å². The molecule has 1 atom stereocenters. The van der Waals surface area contributed by atoms with Crippen LogP contribution in [0.15, 0.2) is 0 Å². The molecule has 0 aromatic heterocycles. The van der Waals surface area contributed by atoms with Gasteiger partial charge in [0.05, 0.1) is 5.41 Å². The van der Waals surface area contributed by atoms with Crippen molar-refractivity contribution < 1.29 is 14.7 Å². The van der Waals surface area contributed by atoms with Crippen LogP contribution in [0.2, 0.25) is 0 Å². The van der Waals surface area contributed by atoms with Crippen LogP contribution in [0.1, 0.15) is 38.5 Å². The summed E-state index contributed by atoms with van der Waals surface area (Å²) in [6.45, 7) is 0.547. The van der Waals surface area contributed by atoms with Crippen LogP contribution in [-0.4, -0.2) is 23.5 Å². The van der Waals surface area contributed by atoms with Crippen molar-refractivity contribution >= 4 is 11.9 Å². The lowest BCUT2D eigenvalue weighted by Gasteiger charge is -2.36. The highest BCUT2D eigenvalue weighted by atomic mass is 16.4. The Morgan fingerprint density at radius 2 is 2.07 bits per heavy atom. The van der Waals surface area contributed by atoms with Crippen LogP contribution >= 0.6 is 0 Å². The zero-order valence-corrected chi connectivity index (χ0v) is 8.79. The number of carboxylic acids is 1. The Bertz CT molecular complexity index is 272. The van der Waals surface area contributed by atoms with Gasteiger partial charge in [0.2, 0.25) is 5.91 Å². The van der Waals surface area contributed by atoms with E-state index in [0.717, 1.165) is 32.1 Å². The molecule has 1 unspecified atom stereocenters. The standard InChI is InChI=1S/C11H17NO3/c13-9-4-3-8(7-12-9)11(10(14)15)5-1-2-6-11/h8H,1-7H2,(H,12,13)(H,14,15). The maximum atomic E-state index is 11.4. The lowest BCUT2D eigenvalue weighted by atomic mass is 9.70. The molecule has 0 bridgehead atoms. The maximum Gasteiger partial charge on any atom is 0.309 e. The van der Waals surface area contributed by atoms with Crippen LogP contribution in [0.3, 0.4) is 0 Å². The molecule has 1 heterocycles. The number of aliphatic carboxylic acids is 1. The van der Waals surface area contributed by atoms with Crippen LogP contribution in [-0.2, 0) is 9.59 Å². The molecule has 84 valence electrons. The van der Waals surface area contributed by atoms with Crippen molar-refractivity contribution in [3.8, 4) is 0 Å². The number of rotatable bonds is 2. The summed E-state index contributed by atoms with van der Waals surface area (Å²) in [5.41, 5.74) is -0.548. The van der Waals surface area contributed by atoms with Gasteiger partial charge in [0, 0.05) is 13.0 Å². The summed E-state index contributed by atoms with van der Waals surface area (Å²) in [6, 6.07) is 0. The van der Waals surface area contributed by atoms with Crippen molar-refractivity contribution in [3.05, 3.63) is 0 Å². The molecule has 2 N–H and O–H groups in total. The first kappa shape index (κ1) is 10.5. The number of carbonyl (C=O) groups is 2. The van der Waals surface area contributed by atoms with E-state index in [1.807, 2.05) is 0 Å². The Morgan fingerprint density at radius 3 is 2.53 bits per heavy atom.